The van der Waals surface area contributed by atoms with Gasteiger partial charge in [-0.15, -0.1) is 0 Å². The lowest BCUT2D eigenvalue weighted by molar-refractivity contribution is 0.448. The maximum Gasteiger partial charge on any atom is 0.155 e. The molecule has 2 aromatic heterocycles. The Labute approximate surface area is 130 Å². The fourth-order valence-corrected chi connectivity index (χ4v) is 3.19. The summed E-state index contributed by atoms with van der Waals surface area (Å²) in [6, 6.07) is 12.7. The van der Waals surface area contributed by atoms with E-state index in [2.05, 4.69) is 53.6 Å². The highest BCUT2D eigenvalue weighted by molar-refractivity contribution is 5.64. The Bertz CT molecular complexity index is 782. The second kappa shape index (κ2) is 5.54. The van der Waals surface area contributed by atoms with Crippen LogP contribution < -0.4 is 5.32 Å². The van der Waals surface area contributed by atoms with Crippen LogP contribution in [0.15, 0.2) is 42.6 Å². The van der Waals surface area contributed by atoms with Crippen LogP contribution in [0.5, 0.6) is 0 Å². The fraction of sp³-hybridized carbons (Fsp3) is 0.333. The lowest BCUT2D eigenvalue weighted by Gasteiger charge is -2.23. The summed E-state index contributed by atoms with van der Waals surface area (Å²) in [6.45, 7) is 4.25. The van der Waals surface area contributed by atoms with Gasteiger partial charge in [-0.3, -0.25) is 0 Å². The first kappa shape index (κ1) is 13.5. The number of rotatable bonds is 2. The highest BCUT2D eigenvalue weighted by Gasteiger charge is 2.19. The Hall–Kier alpha value is -2.20. The van der Waals surface area contributed by atoms with Gasteiger partial charge < -0.3 is 5.32 Å². The molecule has 1 unspecified atom stereocenters. The molecule has 0 aliphatic carbocycles. The summed E-state index contributed by atoms with van der Waals surface area (Å²) in [7, 11) is 0. The molecule has 4 heteroatoms. The number of hydrogen-bond acceptors (Lipinski definition) is 3. The minimum absolute atomic E-state index is 0.519. The average molecular weight is 292 g/mol. The molecule has 0 bridgehead atoms. The van der Waals surface area contributed by atoms with Gasteiger partial charge in [0.25, 0.3) is 0 Å². The maximum atomic E-state index is 4.81. The van der Waals surface area contributed by atoms with E-state index < -0.39 is 0 Å². The number of aromatic nitrogens is 3. The van der Waals surface area contributed by atoms with Crippen molar-refractivity contribution in [1.82, 2.24) is 19.9 Å². The van der Waals surface area contributed by atoms with Gasteiger partial charge in [0.15, 0.2) is 5.65 Å². The Morgan fingerprint density at radius 1 is 1.18 bits per heavy atom. The van der Waals surface area contributed by atoms with Gasteiger partial charge in [0.2, 0.25) is 0 Å². The van der Waals surface area contributed by atoms with Crippen molar-refractivity contribution in [3.05, 3.63) is 53.9 Å². The van der Waals surface area contributed by atoms with E-state index in [1.165, 1.54) is 24.1 Å². The Kier molecular flexibility index (Phi) is 3.39. The number of benzene rings is 1. The predicted octanol–water partition coefficient (Wildman–Crippen LogP) is 3.17. The van der Waals surface area contributed by atoms with E-state index in [-0.39, 0.29) is 0 Å². The van der Waals surface area contributed by atoms with Crippen molar-refractivity contribution in [2.75, 3.05) is 13.1 Å². The summed E-state index contributed by atoms with van der Waals surface area (Å²) in [5, 5.41) is 8.30. The Balaban J connectivity index is 1.78. The van der Waals surface area contributed by atoms with Gasteiger partial charge in [0, 0.05) is 30.3 Å². The molecule has 1 N–H and O–H groups in total. The Morgan fingerprint density at radius 3 is 2.82 bits per heavy atom. The minimum atomic E-state index is 0.519. The van der Waals surface area contributed by atoms with Crippen LogP contribution in [0, 0.1) is 6.92 Å². The first-order valence-corrected chi connectivity index (χ1v) is 7.94. The number of nitrogens with one attached hydrogen (secondary N) is 1. The van der Waals surface area contributed by atoms with Crippen LogP contribution in [0.25, 0.3) is 16.9 Å². The number of fused-ring (bicyclic) bond motifs is 1. The van der Waals surface area contributed by atoms with Crippen LogP contribution in [0.2, 0.25) is 0 Å². The zero-order valence-electron chi connectivity index (χ0n) is 12.8. The third kappa shape index (κ3) is 2.40. The first-order valence-electron chi connectivity index (χ1n) is 7.94. The highest BCUT2D eigenvalue weighted by Crippen LogP contribution is 2.25. The summed E-state index contributed by atoms with van der Waals surface area (Å²) in [5.74, 6) is 0.519. The monoisotopic (exact) mass is 292 g/mol. The van der Waals surface area contributed by atoms with Crippen LogP contribution in [-0.4, -0.2) is 27.7 Å². The minimum Gasteiger partial charge on any atom is -0.316 e. The van der Waals surface area contributed by atoms with Crippen LogP contribution in [-0.2, 0) is 0 Å². The number of hydrogen-bond donors (Lipinski definition) is 1. The molecule has 0 amide bonds. The van der Waals surface area contributed by atoms with Crippen molar-refractivity contribution in [1.29, 1.82) is 0 Å². The van der Waals surface area contributed by atoms with Crippen LogP contribution >= 0.6 is 0 Å². The van der Waals surface area contributed by atoms with Crippen molar-refractivity contribution in [2.45, 2.75) is 25.7 Å². The summed E-state index contributed by atoms with van der Waals surface area (Å²) < 4.78 is 2.02. The molecule has 1 aromatic carbocycles. The zero-order chi connectivity index (χ0) is 14.9. The molecule has 22 heavy (non-hydrogen) atoms. The van der Waals surface area contributed by atoms with Crippen LogP contribution in [0.3, 0.4) is 0 Å². The summed E-state index contributed by atoms with van der Waals surface area (Å²) >= 11 is 0. The number of piperidine rings is 1. The second-order valence-electron chi connectivity index (χ2n) is 6.08. The van der Waals surface area contributed by atoms with Crippen molar-refractivity contribution >= 4 is 5.65 Å². The van der Waals surface area contributed by atoms with Crippen molar-refractivity contribution < 1.29 is 0 Å². The molecular formula is C18H20N4. The van der Waals surface area contributed by atoms with Crippen molar-refractivity contribution in [3.63, 3.8) is 0 Å². The van der Waals surface area contributed by atoms with Crippen LogP contribution in [0.4, 0.5) is 0 Å². The predicted molar refractivity (Wildman–Crippen MR) is 88.0 cm³/mol. The zero-order valence-corrected chi connectivity index (χ0v) is 12.8. The van der Waals surface area contributed by atoms with Crippen LogP contribution in [0.1, 0.15) is 30.0 Å². The third-order valence-electron chi connectivity index (χ3n) is 4.45. The van der Waals surface area contributed by atoms with E-state index >= 15 is 0 Å². The van der Waals surface area contributed by atoms with E-state index in [9.17, 15) is 0 Å². The molecule has 4 nitrogen and oxygen atoms in total. The molecule has 1 saturated heterocycles. The average Bonchev–Trinajstić information content (AvgIpc) is 3.00. The number of nitrogens with zero attached hydrogens (tertiary/aromatic N) is 3. The fourth-order valence-electron chi connectivity index (χ4n) is 3.19. The van der Waals surface area contributed by atoms with Gasteiger partial charge in [0.05, 0.1) is 11.4 Å². The quantitative estimate of drug-likeness (QED) is 0.789. The van der Waals surface area contributed by atoms with Gasteiger partial charge in [-0.05, 0) is 32.4 Å². The summed E-state index contributed by atoms with van der Waals surface area (Å²) in [5.41, 5.74) is 5.58. The molecule has 1 atom stereocenters. The molecule has 0 spiro atoms. The molecule has 4 rings (SSSR count). The smallest absolute Gasteiger partial charge is 0.155 e. The van der Waals surface area contributed by atoms with Gasteiger partial charge in [-0.2, -0.15) is 5.10 Å². The first-order chi connectivity index (χ1) is 10.8. The molecule has 1 aliphatic rings. The van der Waals surface area contributed by atoms with Gasteiger partial charge >= 0.3 is 0 Å². The van der Waals surface area contributed by atoms with Crippen molar-refractivity contribution in [3.8, 4) is 11.3 Å². The van der Waals surface area contributed by atoms with Gasteiger partial charge in [-0.1, -0.05) is 29.8 Å². The molecule has 0 radical (unpaired) electrons. The Morgan fingerprint density at radius 2 is 2.05 bits per heavy atom. The molecular weight excluding hydrogens is 272 g/mol. The standard InChI is InChI=1S/C18H20N4/c1-13-4-6-14(7-5-13)16-11-18-20-10-8-17(22(18)21-16)15-3-2-9-19-12-15/h4-8,10-11,15,19H,2-3,9,12H2,1H3. The normalized spacial score (nSPS) is 18.7. The molecule has 1 fully saturated rings. The second-order valence-corrected chi connectivity index (χ2v) is 6.08. The van der Waals surface area contributed by atoms with E-state index in [0.29, 0.717) is 5.92 Å². The van der Waals surface area contributed by atoms with E-state index in [4.69, 9.17) is 5.10 Å². The molecule has 0 saturated carbocycles. The highest BCUT2D eigenvalue weighted by atomic mass is 15.3. The van der Waals surface area contributed by atoms with Gasteiger partial charge in [0.1, 0.15) is 0 Å². The van der Waals surface area contributed by atoms with Crippen molar-refractivity contribution in [2.24, 2.45) is 0 Å². The lowest BCUT2D eigenvalue weighted by Crippen LogP contribution is -2.29. The third-order valence-corrected chi connectivity index (χ3v) is 4.45. The SMILES string of the molecule is Cc1ccc(-c2cc3nccc(C4CCCNC4)n3n2)cc1. The maximum absolute atomic E-state index is 4.81. The molecule has 3 heterocycles. The lowest BCUT2D eigenvalue weighted by atomic mass is 9.96. The van der Waals surface area contributed by atoms with E-state index in [1.807, 2.05) is 10.7 Å². The molecule has 3 aromatic rings. The van der Waals surface area contributed by atoms with E-state index in [0.717, 1.165) is 30.0 Å². The van der Waals surface area contributed by atoms with Gasteiger partial charge in [-0.25, -0.2) is 9.50 Å². The summed E-state index contributed by atoms with van der Waals surface area (Å²) in [6.07, 6.45) is 4.34. The molecule has 112 valence electrons. The largest absolute Gasteiger partial charge is 0.316 e. The molecule has 1 aliphatic heterocycles. The topological polar surface area (TPSA) is 42.2 Å². The summed E-state index contributed by atoms with van der Waals surface area (Å²) in [4.78, 5) is 4.48. The van der Waals surface area contributed by atoms with E-state index in [1.54, 1.807) is 0 Å². The number of aryl methyl sites for hydroxylation is 1.